The molecule has 0 aromatic carbocycles. The first-order valence-corrected chi connectivity index (χ1v) is 3.65. The number of carbonyl (C=O) groups is 1. The molecule has 0 spiro atoms. The Morgan fingerprint density at radius 1 is 1.20 bits per heavy atom. The van der Waals surface area contributed by atoms with Gasteiger partial charge in [0.25, 0.3) is 0 Å². The normalized spacial score (nSPS) is 8.80. The van der Waals surface area contributed by atoms with Gasteiger partial charge >= 0.3 is 6.03 Å². The molecule has 0 radical (unpaired) electrons. The van der Waals surface area contributed by atoms with E-state index in [9.17, 15) is 4.79 Å². The smallest absolute Gasteiger partial charge is 0.371 e. The molecule has 0 bridgehead atoms. The number of hydrogen-bond donors (Lipinski definition) is 4. The van der Waals surface area contributed by atoms with Crippen molar-refractivity contribution in [3.63, 3.8) is 0 Å². The summed E-state index contributed by atoms with van der Waals surface area (Å²) in [6.45, 7) is 2.76. The van der Waals surface area contributed by atoms with Gasteiger partial charge in [-0.1, -0.05) is 5.23 Å². The molecule has 0 saturated carbocycles. The first-order valence-electron chi connectivity index (χ1n) is 3.65. The molecule has 0 rings (SSSR count). The lowest BCUT2D eigenvalue weighted by molar-refractivity contribution is -0.256. The fraction of sp³-hybridized carbons (Fsp3) is 0.667. The average Bonchev–Trinajstić information content (AvgIpc) is 2.24. The number of hydrogen-bond acceptors (Lipinski definition) is 7. The topological polar surface area (TPSA) is 132 Å². The second-order valence-corrected chi connectivity index (χ2v) is 1.80. The summed E-state index contributed by atoms with van der Waals surface area (Å²) in [5.41, 5.74) is 0. The Bertz CT molecular complexity index is 158. The van der Waals surface area contributed by atoms with Crippen molar-refractivity contribution in [3.8, 4) is 0 Å². The highest BCUT2D eigenvalue weighted by Gasteiger charge is 1.99. The third-order valence-electron chi connectivity index (χ3n) is 0.861. The largest absolute Gasteiger partial charge is 0.392 e. The monoisotopic (exact) mass is 226 g/mol. The third kappa shape index (κ3) is 15.6. The molecule has 0 saturated heterocycles. The Morgan fingerprint density at radius 3 is 1.73 bits per heavy atom. The Balaban J connectivity index is 0. The lowest BCUT2D eigenvalue weighted by atomic mass is 10.8. The predicted octanol–water partition coefficient (Wildman–Crippen LogP) is -1.19. The Labute approximate surface area is 85.7 Å². The van der Waals surface area contributed by atoms with Crippen molar-refractivity contribution in [2.45, 2.75) is 0 Å². The number of ether oxygens (including phenoxy) is 2. The van der Waals surface area contributed by atoms with Crippen molar-refractivity contribution in [1.82, 2.24) is 5.23 Å². The summed E-state index contributed by atoms with van der Waals surface area (Å²) in [6.07, 6.45) is 0. The summed E-state index contributed by atoms with van der Waals surface area (Å²) in [4.78, 5) is 12.3. The Hall–Kier alpha value is -1.10. The molecule has 90 valence electrons. The van der Waals surface area contributed by atoms with Crippen LogP contribution in [0.3, 0.4) is 0 Å². The number of aliphatic imine (C=N–C) groups is 1. The van der Waals surface area contributed by atoms with E-state index in [1.807, 2.05) is 0 Å². The van der Waals surface area contributed by atoms with Gasteiger partial charge in [0.1, 0.15) is 13.6 Å². The molecular weight excluding hydrogens is 212 g/mol. The lowest BCUT2D eigenvalue weighted by Crippen LogP contribution is -2.18. The summed E-state index contributed by atoms with van der Waals surface area (Å²) in [6, 6.07) is -1.19. The average molecular weight is 226 g/mol. The van der Waals surface area contributed by atoms with Gasteiger partial charge in [-0.25, -0.2) is 9.79 Å². The molecule has 2 amide bonds. The zero-order chi connectivity index (χ0) is 12.1. The molecule has 0 aromatic rings. The summed E-state index contributed by atoms with van der Waals surface area (Å²) < 4.78 is 8.91. The van der Waals surface area contributed by atoms with Gasteiger partial charge < -0.3 is 19.7 Å². The zero-order valence-corrected chi connectivity index (χ0v) is 7.94. The van der Waals surface area contributed by atoms with Gasteiger partial charge in [0, 0.05) is 0 Å². The first-order chi connectivity index (χ1) is 7.09. The lowest BCUT2D eigenvalue weighted by Gasteiger charge is -1.97. The maximum atomic E-state index is 9.71. The molecule has 9 heteroatoms. The van der Waals surface area contributed by atoms with E-state index in [4.69, 9.17) is 20.6 Å². The van der Waals surface area contributed by atoms with Crippen LogP contribution in [0.15, 0.2) is 4.99 Å². The highest BCUT2D eigenvalue weighted by Crippen LogP contribution is 1.77. The van der Waals surface area contributed by atoms with Gasteiger partial charge in [0.15, 0.2) is 0 Å². The van der Waals surface area contributed by atoms with Crippen LogP contribution in [0.5, 0.6) is 0 Å². The number of nitrogens with zero attached hydrogens (tertiary/aromatic N) is 2. The molecule has 0 aromatic heterocycles. The van der Waals surface area contributed by atoms with Crippen molar-refractivity contribution in [1.29, 1.82) is 0 Å². The SMILES string of the molecule is C=NC(=O)N(O)O.OCOCCOCO. The Kier molecular flexibility index (Phi) is 14.0. The van der Waals surface area contributed by atoms with Gasteiger partial charge in [-0.05, 0) is 6.72 Å². The Morgan fingerprint density at radius 2 is 1.60 bits per heavy atom. The molecule has 0 heterocycles. The summed E-state index contributed by atoms with van der Waals surface area (Å²) >= 11 is 0. The second kappa shape index (κ2) is 12.9. The first kappa shape index (κ1) is 16.3. The minimum Gasteiger partial charge on any atom is -0.371 e. The number of amides is 2. The molecule has 0 aliphatic rings. The van der Waals surface area contributed by atoms with Crippen molar-refractivity contribution < 1.29 is 34.9 Å². The van der Waals surface area contributed by atoms with Gasteiger partial charge in [-0.3, -0.25) is 10.4 Å². The van der Waals surface area contributed by atoms with Crippen LogP contribution in [0, 0.1) is 0 Å². The number of aliphatic hydroxyl groups excluding tert-OH is 2. The maximum absolute atomic E-state index is 9.71. The van der Waals surface area contributed by atoms with Crippen LogP contribution in [0.1, 0.15) is 0 Å². The minimum atomic E-state index is -1.19. The summed E-state index contributed by atoms with van der Waals surface area (Å²) in [7, 11) is 0. The summed E-state index contributed by atoms with van der Waals surface area (Å²) in [5, 5.41) is 30.9. The predicted molar refractivity (Wildman–Crippen MR) is 46.4 cm³/mol. The van der Waals surface area contributed by atoms with Crippen molar-refractivity contribution in [3.05, 3.63) is 0 Å². The highest BCUT2D eigenvalue weighted by molar-refractivity contribution is 5.76. The van der Waals surface area contributed by atoms with Crippen molar-refractivity contribution >= 4 is 12.7 Å². The fourth-order valence-corrected chi connectivity index (χ4v) is 0.310. The van der Waals surface area contributed by atoms with E-state index in [0.717, 1.165) is 0 Å². The number of urea groups is 1. The molecule has 15 heavy (non-hydrogen) atoms. The van der Waals surface area contributed by atoms with Crippen molar-refractivity contribution in [2.75, 3.05) is 26.8 Å². The van der Waals surface area contributed by atoms with Gasteiger partial charge in [-0.15, -0.1) is 0 Å². The number of aliphatic hydroxyl groups is 2. The second-order valence-electron chi connectivity index (χ2n) is 1.80. The number of rotatable bonds is 5. The van der Waals surface area contributed by atoms with Crippen LogP contribution in [0.4, 0.5) is 4.79 Å². The van der Waals surface area contributed by atoms with Crippen LogP contribution in [0.2, 0.25) is 0 Å². The molecule has 0 aliphatic heterocycles. The van der Waals surface area contributed by atoms with Crippen LogP contribution in [-0.2, 0) is 9.47 Å². The van der Waals surface area contributed by atoms with Gasteiger partial charge in [0.05, 0.1) is 13.2 Å². The molecule has 0 aliphatic carbocycles. The summed E-state index contributed by atoms with van der Waals surface area (Å²) in [5.74, 6) is 0. The van der Waals surface area contributed by atoms with E-state index >= 15 is 0 Å². The molecule has 0 atom stereocenters. The fourth-order valence-electron chi connectivity index (χ4n) is 0.310. The van der Waals surface area contributed by atoms with Crippen molar-refractivity contribution in [2.24, 2.45) is 4.99 Å². The van der Waals surface area contributed by atoms with Crippen LogP contribution in [-0.4, -0.2) is 65.4 Å². The van der Waals surface area contributed by atoms with E-state index in [-0.39, 0.29) is 13.6 Å². The minimum absolute atomic E-state index is 0.297. The number of hydroxylamine groups is 2. The maximum Gasteiger partial charge on any atom is 0.392 e. The third-order valence-corrected chi connectivity index (χ3v) is 0.861. The molecule has 0 fully saturated rings. The van der Waals surface area contributed by atoms with Crippen LogP contribution >= 0.6 is 0 Å². The molecular formula is C6H14N2O7. The van der Waals surface area contributed by atoms with E-state index in [0.29, 0.717) is 13.2 Å². The van der Waals surface area contributed by atoms with Gasteiger partial charge in [0.2, 0.25) is 0 Å². The van der Waals surface area contributed by atoms with E-state index in [1.54, 1.807) is 0 Å². The van der Waals surface area contributed by atoms with Crippen LogP contribution < -0.4 is 0 Å². The highest BCUT2D eigenvalue weighted by atomic mass is 16.8. The van der Waals surface area contributed by atoms with E-state index in [1.165, 1.54) is 0 Å². The van der Waals surface area contributed by atoms with E-state index in [2.05, 4.69) is 21.2 Å². The molecule has 0 unspecified atom stereocenters. The van der Waals surface area contributed by atoms with Crippen LogP contribution in [0.25, 0.3) is 0 Å². The van der Waals surface area contributed by atoms with Gasteiger partial charge in [-0.2, -0.15) is 0 Å². The molecule has 4 N–H and O–H groups in total. The van der Waals surface area contributed by atoms with E-state index < -0.39 is 11.3 Å². The zero-order valence-electron chi connectivity index (χ0n) is 7.94. The molecule has 9 nitrogen and oxygen atoms in total. The standard InChI is InChI=1S/C4H10O4.C2H4N2O3/c5-3-7-1-2-8-4-6;1-3-2(5)4(6)7/h5-6H,1-4H2;6-7H,1H2. The quantitative estimate of drug-likeness (QED) is 0.152. The number of carbonyl (C=O) groups excluding carboxylic acids is 1.